The molecule has 102 valence electrons. The van der Waals surface area contributed by atoms with E-state index in [0.717, 1.165) is 28.3 Å². The van der Waals surface area contributed by atoms with Gasteiger partial charge < -0.3 is 9.30 Å². The van der Waals surface area contributed by atoms with Crippen molar-refractivity contribution in [1.29, 1.82) is 0 Å². The van der Waals surface area contributed by atoms with Crippen molar-refractivity contribution >= 4 is 22.8 Å². The van der Waals surface area contributed by atoms with Gasteiger partial charge in [-0.15, -0.1) is 11.6 Å². The molecule has 0 bridgehead atoms. The second kappa shape index (κ2) is 5.51. The summed E-state index contributed by atoms with van der Waals surface area (Å²) in [4.78, 5) is 8.91. The molecule has 0 aliphatic carbocycles. The first-order valence-corrected chi connectivity index (χ1v) is 6.85. The lowest BCUT2D eigenvalue weighted by Gasteiger charge is -2.11. The molecule has 3 rings (SSSR count). The van der Waals surface area contributed by atoms with Gasteiger partial charge >= 0.3 is 0 Å². The Balaban J connectivity index is 2.10. The van der Waals surface area contributed by atoms with Crippen LogP contribution in [0.15, 0.2) is 42.6 Å². The Morgan fingerprint density at radius 2 is 2.05 bits per heavy atom. The molecule has 0 fully saturated rings. The van der Waals surface area contributed by atoms with E-state index in [4.69, 9.17) is 16.3 Å². The first-order valence-electron chi connectivity index (χ1n) is 6.31. The number of para-hydroxylation sites is 1. The molecule has 3 aromatic rings. The normalized spacial score (nSPS) is 10.9. The summed E-state index contributed by atoms with van der Waals surface area (Å²) in [5, 5.41) is 0. The molecule has 4 nitrogen and oxygen atoms in total. The molecule has 0 aliphatic rings. The summed E-state index contributed by atoms with van der Waals surface area (Å²) in [6.45, 7) is 0.638. The Morgan fingerprint density at radius 1 is 1.20 bits per heavy atom. The SMILES string of the molecule is COc1ccccc1Cn1c(CCl)nc2cccnc21. The predicted molar refractivity (Wildman–Crippen MR) is 79.2 cm³/mol. The van der Waals surface area contributed by atoms with Crippen molar-refractivity contribution in [1.82, 2.24) is 14.5 Å². The molecule has 0 N–H and O–H groups in total. The molecule has 0 aliphatic heterocycles. The third kappa shape index (κ3) is 2.23. The van der Waals surface area contributed by atoms with Gasteiger partial charge in [0.2, 0.25) is 0 Å². The van der Waals surface area contributed by atoms with Gasteiger partial charge in [0.05, 0.1) is 19.5 Å². The molecule has 0 spiro atoms. The molecule has 5 heteroatoms. The molecule has 20 heavy (non-hydrogen) atoms. The second-order valence-corrected chi connectivity index (χ2v) is 4.67. The van der Waals surface area contributed by atoms with Crippen molar-refractivity contribution in [2.24, 2.45) is 0 Å². The van der Waals surface area contributed by atoms with Crippen molar-refractivity contribution in [3.05, 3.63) is 54.0 Å². The smallest absolute Gasteiger partial charge is 0.160 e. The van der Waals surface area contributed by atoms with Crippen LogP contribution in [0.4, 0.5) is 0 Å². The third-order valence-corrected chi connectivity index (χ3v) is 3.46. The van der Waals surface area contributed by atoms with E-state index in [9.17, 15) is 0 Å². The fourth-order valence-corrected chi connectivity index (χ4v) is 2.48. The van der Waals surface area contributed by atoms with Gasteiger partial charge in [0.15, 0.2) is 5.65 Å². The van der Waals surface area contributed by atoms with Crippen molar-refractivity contribution in [3.8, 4) is 5.75 Å². The van der Waals surface area contributed by atoms with Crippen LogP contribution in [-0.4, -0.2) is 21.6 Å². The standard InChI is InChI=1S/C15H14ClN3O/c1-20-13-7-3-2-5-11(13)10-19-14(9-16)18-12-6-4-8-17-15(12)19/h2-8H,9-10H2,1H3. The summed E-state index contributed by atoms with van der Waals surface area (Å²) < 4.78 is 7.42. The van der Waals surface area contributed by atoms with E-state index >= 15 is 0 Å². The summed E-state index contributed by atoms with van der Waals surface area (Å²) >= 11 is 6.00. The number of fused-ring (bicyclic) bond motifs is 1. The molecule has 2 aromatic heterocycles. The quantitative estimate of drug-likeness (QED) is 0.692. The van der Waals surface area contributed by atoms with Gasteiger partial charge in [0, 0.05) is 11.8 Å². The van der Waals surface area contributed by atoms with E-state index in [0.29, 0.717) is 12.4 Å². The monoisotopic (exact) mass is 287 g/mol. The first kappa shape index (κ1) is 12.9. The van der Waals surface area contributed by atoms with Gasteiger partial charge in [-0.25, -0.2) is 9.97 Å². The van der Waals surface area contributed by atoms with Crippen molar-refractivity contribution in [3.63, 3.8) is 0 Å². The lowest BCUT2D eigenvalue weighted by molar-refractivity contribution is 0.408. The van der Waals surface area contributed by atoms with Crippen LogP contribution in [0.25, 0.3) is 11.2 Å². The molecule has 0 saturated carbocycles. The van der Waals surface area contributed by atoms with Crippen LogP contribution in [-0.2, 0) is 12.4 Å². The molecule has 0 saturated heterocycles. The summed E-state index contributed by atoms with van der Waals surface area (Å²) in [5.74, 6) is 2.02. The number of ether oxygens (including phenoxy) is 1. The minimum Gasteiger partial charge on any atom is -0.496 e. The number of hydrogen-bond donors (Lipinski definition) is 0. The highest BCUT2D eigenvalue weighted by atomic mass is 35.5. The number of aromatic nitrogens is 3. The number of imidazole rings is 1. The number of alkyl halides is 1. The van der Waals surface area contributed by atoms with Crippen molar-refractivity contribution in [2.75, 3.05) is 7.11 Å². The van der Waals surface area contributed by atoms with E-state index < -0.39 is 0 Å². The molecular formula is C15H14ClN3O. The van der Waals surface area contributed by atoms with Crippen molar-refractivity contribution in [2.45, 2.75) is 12.4 Å². The summed E-state index contributed by atoms with van der Waals surface area (Å²) in [5.41, 5.74) is 2.78. The van der Waals surface area contributed by atoms with Crippen LogP contribution in [0, 0.1) is 0 Å². The van der Waals surface area contributed by atoms with Gasteiger partial charge in [-0.1, -0.05) is 18.2 Å². The second-order valence-electron chi connectivity index (χ2n) is 4.41. The number of methoxy groups -OCH3 is 1. The van der Waals surface area contributed by atoms with E-state index in [1.807, 2.05) is 41.0 Å². The average molecular weight is 288 g/mol. The molecular weight excluding hydrogens is 274 g/mol. The lowest BCUT2D eigenvalue weighted by Crippen LogP contribution is -2.06. The Hall–Kier alpha value is -2.07. The number of rotatable bonds is 4. The molecule has 0 radical (unpaired) electrons. The Kier molecular flexibility index (Phi) is 3.56. The maximum Gasteiger partial charge on any atom is 0.160 e. The van der Waals surface area contributed by atoms with Crippen LogP contribution in [0.3, 0.4) is 0 Å². The zero-order valence-electron chi connectivity index (χ0n) is 11.1. The van der Waals surface area contributed by atoms with Crippen LogP contribution in [0.2, 0.25) is 0 Å². The largest absolute Gasteiger partial charge is 0.496 e. The highest BCUT2D eigenvalue weighted by Crippen LogP contribution is 2.22. The minimum absolute atomic E-state index is 0.353. The maximum atomic E-state index is 6.00. The number of hydrogen-bond acceptors (Lipinski definition) is 3. The van der Waals surface area contributed by atoms with Gasteiger partial charge in [-0.05, 0) is 18.2 Å². The van der Waals surface area contributed by atoms with E-state index in [-0.39, 0.29) is 0 Å². The zero-order chi connectivity index (χ0) is 13.9. The van der Waals surface area contributed by atoms with Gasteiger partial charge in [0.25, 0.3) is 0 Å². The fraction of sp³-hybridized carbons (Fsp3) is 0.200. The highest BCUT2D eigenvalue weighted by molar-refractivity contribution is 6.16. The third-order valence-electron chi connectivity index (χ3n) is 3.22. The zero-order valence-corrected chi connectivity index (χ0v) is 11.8. The maximum absolute atomic E-state index is 6.00. The molecule has 0 atom stereocenters. The molecule has 0 amide bonds. The van der Waals surface area contributed by atoms with Crippen molar-refractivity contribution < 1.29 is 4.74 Å². The fourth-order valence-electron chi connectivity index (χ4n) is 2.28. The Morgan fingerprint density at radius 3 is 2.85 bits per heavy atom. The number of benzene rings is 1. The van der Waals surface area contributed by atoms with Gasteiger partial charge in [-0.2, -0.15) is 0 Å². The molecule has 1 aromatic carbocycles. The predicted octanol–water partition coefficient (Wildman–Crippen LogP) is 3.23. The van der Waals surface area contributed by atoms with Crippen LogP contribution >= 0.6 is 11.6 Å². The number of halogens is 1. The number of pyridine rings is 1. The topological polar surface area (TPSA) is 39.9 Å². The molecule has 2 heterocycles. The van der Waals surface area contributed by atoms with Gasteiger partial charge in [-0.3, -0.25) is 0 Å². The van der Waals surface area contributed by atoms with Gasteiger partial charge in [0.1, 0.15) is 17.1 Å². The summed E-state index contributed by atoms with van der Waals surface area (Å²) in [7, 11) is 1.67. The first-order chi connectivity index (χ1) is 9.83. The Labute approximate surface area is 122 Å². The van der Waals surface area contributed by atoms with Crippen LogP contribution in [0.5, 0.6) is 5.75 Å². The van der Waals surface area contributed by atoms with E-state index in [1.165, 1.54) is 0 Å². The average Bonchev–Trinajstić information content (AvgIpc) is 2.86. The van der Waals surface area contributed by atoms with Crippen LogP contribution < -0.4 is 4.74 Å². The summed E-state index contributed by atoms with van der Waals surface area (Å²) in [6, 6.07) is 11.7. The number of nitrogens with zero attached hydrogens (tertiary/aromatic N) is 3. The van der Waals surface area contributed by atoms with E-state index in [2.05, 4.69) is 9.97 Å². The Bertz CT molecular complexity index is 739. The molecule has 0 unspecified atom stereocenters. The summed E-state index contributed by atoms with van der Waals surface area (Å²) in [6.07, 6.45) is 1.76. The van der Waals surface area contributed by atoms with E-state index in [1.54, 1.807) is 13.3 Å². The highest BCUT2D eigenvalue weighted by Gasteiger charge is 2.12. The minimum atomic E-state index is 0.353. The van der Waals surface area contributed by atoms with Crippen LogP contribution in [0.1, 0.15) is 11.4 Å². The lowest BCUT2D eigenvalue weighted by atomic mass is 10.2.